The van der Waals surface area contributed by atoms with Crippen molar-refractivity contribution in [2.45, 2.75) is 0 Å². The van der Waals surface area contributed by atoms with Crippen LogP contribution in [0.3, 0.4) is 0 Å². The third kappa shape index (κ3) is 1.55. The highest BCUT2D eigenvalue weighted by atomic mass is 16.3. The summed E-state index contributed by atoms with van der Waals surface area (Å²) in [5.41, 5.74) is 3.73. The fourth-order valence-electron chi connectivity index (χ4n) is 2.07. The van der Waals surface area contributed by atoms with Crippen molar-refractivity contribution in [2.75, 3.05) is 0 Å². The Labute approximate surface area is 108 Å². The number of rotatable bonds is 1. The van der Waals surface area contributed by atoms with E-state index in [1.165, 1.54) is 0 Å². The van der Waals surface area contributed by atoms with Crippen molar-refractivity contribution in [1.29, 1.82) is 0 Å². The Morgan fingerprint density at radius 2 is 1.95 bits per heavy atom. The molecule has 89 valence electrons. The van der Waals surface area contributed by atoms with E-state index in [-0.39, 0.29) is 0 Å². The van der Waals surface area contributed by atoms with Crippen LogP contribution in [0.5, 0.6) is 0 Å². The first-order chi connectivity index (χ1) is 9.42. The molecule has 4 heterocycles. The third-order valence-corrected chi connectivity index (χ3v) is 2.95. The molecule has 0 aromatic carbocycles. The van der Waals surface area contributed by atoms with Crippen molar-refractivity contribution < 1.29 is 4.42 Å². The molecule has 0 fully saturated rings. The second-order valence-corrected chi connectivity index (χ2v) is 4.09. The molecule has 0 aliphatic carbocycles. The normalized spacial score (nSPS) is 11.2. The summed E-state index contributed by atoms with van der Waals surface area (Å²) in [4.78, 5) is 16.6. The number of oxazole rings is 1. The average molecular weight is 247 g/mol. The van der Waals surface area contributed by atoms with Gasteiger partial charge in [0.1, 0.15) is 0 Å². The first-order valence-electron chi connectivity index (χ1n) is 5.74. The van der Waals surface area contributed by atoms with Crippen molar-refractivity contribution in [3.05, 3.63) is 49.2 Å². The van der Waals surface area contributed by atoms with Crippen LogP contribution in [-0.2, 0) is 0 Å². The molecule has 0 spiro atoms. The highest BCUT2D eigenvalue weighted by Crippen LogP contribution is 2.27. The fraction of sp³-hybridized carbons (Fsp3) is 0. The lowest BCUT2D eigenvalue weighted by Crippen LogP contribution is -1.86. The predicted octanol–water partition coefficient (Wildman–Crippen LogP) is 2.63. The molecule has 0 atom stereocenters. The molecular weight excluding hydrogens is 240 g/mol. The van der Waals surface area contributed by atoms with Crippen LogP contribution in [0.4, 0.5) is 0 Å². The van der Waals surface area contributed by atoms with Crippen LogP contribution in [0.2, 0.25) is 0 Å². The van der Waals surface area contributed by atoms with Gasteiger partial charge in [0.25, 0.3) is 6.39 Å². The number of hydrogen-bond acceptors (Lipinski definition) is 5. The maximum absolute atomic E-state index is 5.27. The van der Waals surface area contributed by atoms with E-state index < -0.39 is 0 Å². The predicted molar refractivity (Wildman–Crippen MR) is 69.2 cm³/mol. The van der Waals surface area contributed by atoms with E-state index >= 15 is 0 Å². The summed E-state index contributed by atoms with van der Waals surface area (Å²) in [5, 5.41) is 0.980. The molecular formula is C14H7N4O. The SMILES string of the molecule is [c]1nc2nccc(-c3cnc4ncccc4c3)c2o1. The minimum absolute atomic E-state index is 0.545. The molecule has 0 N–H and O–H groups in total. The average Bonchev–Trinajstić information content (AvgIpc) is 2.95. The molecule has 0 amide bonds. The van der Waals surface area contributed by atoms with Crippen LogP contribution in [0, 0.1) is 6.39 Å². The second-order valence-electron chi connectivity index (χ2n) is 4.09. The molecule has 19 heavy (non-hydrogen) atoms. The first-order valence-corrected chi connectivity index (χ1v) is 5.74. The van der Waals surface area contributed by atoms with Gasteiger partial charge in [0.15, 0.2) is 16.9 Å². The zero-order valence-electron chi connectivity index (χ0n) is 9.74. The second kappa shape index (κ2) is 3.84. The molecule has 4 rings (SSSR count). The van der Waals surface area contributed by atoms with Crippen LogP contribution in [0.15, 0.2) is 47.3 Å². The Bertz CT molecular complexity index is 885. The smallest absolute Gasteiger partial charge is 0.286 e. The van der Waals surface area contributed by atoms with Crippen molar-refractivity contribution in [2.24, 2.45) is 0 Å². The number of nitrogens with zero attached hydrogens (tertiary/aromatic N) is 4. The van der Waals surface area contributed by atoms with Crippen LogP contribution in [0.25, 0.3) is 33.4 Å². The van der Waals surface area contributed by atoms with E-state index in [1.54, 1.807) is 18.6 Å². The molecule has 0 unspecified atom stereocenters. The van der Waals surface area contributed by atoms with Crippen LogP contribution in [-0.4, -0.2) is 19.9 Å². The molecule has 0 saturated carbocycles. The zero-order valence-corrected chi connectivity index (χ0v) is 9.74. The van der Waals surface area contributed by atoms with Gasteiger partial charge < -0.3 is 4.42 Å². The van der Waals surface area contributed by atoms with E-state index in [2.05, 4.69) is 26.3 Å². The molecule has 4 aromatic rings. The highest BCUT2D eigenvalue weighted by Gasteiger charge is 2.10. The van der Waals surface area contributed by atoms with Gasteiger partial charge in [-0.1, -0.05) is 0 Å². The van der Waals surface area contributed by atoms with Gasteiger partial charge in [-0.05, 0) is 24.3 Å². The van der Waals surface area contributed by atoms with Gasteiger partial charge in [0.2, 0.25) is 0 Å². The Kier molecular flexibility index (Phi) is 2.05. The summed E-state index contributed by atoms with van der Waals surface area (Å²) < 4.78 is 5.27. The molecule has 4 aromatic heterocycles. The van der Waals surface area contributed by atoms with Gasteiger partial charge in [-0.25, -0.2) is 15.0 Å². The minimum atomic E-state index is 0.545. The number of fused-ring (bicyclic) bond motifs is 2. The van der Waals surface area contributed by atoms with Crippen LogP contribution < -0.4 is 0 Å². The topological polar surface area (TPSA) is 64.7 Å². The zero-order chi connectivity index (χ0) is 12.7. The van der Waals surface area contributed by atoms with Gasteiger partial charge in [-0.15, -0.1) is 0 Å². The number of hydrogen-bond donors (Lipinski definition) is 0. The summed E-state index contributed by atoms with van der Waals surface area (Å²) in [6, 6.07) is 7.76. The van der Waals surface area contributed by atoms with E-state index in [1.807, 2.05) is 24.3 Å². The quantitative estimate of drug-likeness (QED) is 0.517. The fourth-order valence-corrected chi connectivity index (χ4v) is 2.07. The lowest BCUT2D eigenvalue weighted by molar-refractivity contribution is 0.592. The lowest BCUT2D eigenvalue weighted by Gasteiger charge is -2.02. The Morgan fingerprint density at radius 3 is 2.95 bits per heavy atom. The van der Waals surface area contributed by atoms with Gasteiger partial charge in [0, 0.05) is 35.1 Å². The summed E-state index contributed by atoms with van der Waals surface area (Å²) in [6.45, 7) is 0. The summed E-state index contributed by atoms with van der Waals surface area (Å²) in [5.74, 6) is 0. The largest absolute Gasteiger partial charge is 0.430 e. The van der Waals surface area contributed by atoms with E-state index in [9.17, 15) is 0 Å². The van der Waals surface area contributed by atoms with Crippen LogP contribution in [0.1, 0.15) is 0 Å². The Hall–Kier alpha value is -2.82. The Balaban J connectivity index is 2.01. The molecule has 0 aliphatic heterocycles. The molecule has 1 radical (unpaired) electrons. The molecule has 0 bridgehead atoms. The van der Waals surface area contributed by atoms with Crippen molar-refractivity contribution in [3.8, 4) is 11.1 Å². The maximum atomic E-state index is 5.27. The van der Waals surface area contributed by atoms with Crippen LogP contribution >= 0.6 is 0 Å². The maximum Gasteiger partial charge on any atom is 0.286 e. The van der Waals surface area contributed by atoms with E-state index in [0.29, 0.717) is 11.2 Å². The lowest BCUT2D eigenvalue weighted by atomic mass is 10.1. The summed E-state index contributed by atoms with van der Waals surface area (Å²) >= 11 is 0. The molecule has 0 saturated heterocycles. The van der Waals surface area contributed by atoms with Gasteiger partial charge >= 0.3 is 0 Å². The summed E-state index contributed by atoms with van der Waals surface area (Å²) in [6.07, 6.45) is 7.66. The third-order valence-electron chi connectivity index (χ3n) is 2.95. The standard InChI is InChI=1S/C14H7N4O/c1-2-9-6-10(7-17-13(9)15-4-1)11-3-5-16-14-12(11)19-8-18-14/h1-7H. The minimum Gasteiger partial charge on any atom is -0.430 e. The summed E-state index contributed by atoms with van der Waals surface area (Å²) in [7, 11) is 0. The van der Waals surface area contributed by atoms with Crippen molar-refractivity contribution in [1.82, 2.24) is 19.9 Å². The highest BCUT2D eigenvalue weighted by molar-refractivity contribution is 5.90. The van der Waals surface area contributed by atoms with Gasteiger partial charge in [0.05, 0.1) is 0 Å². The molecule has 0 aliphatic rings. The van der Waals surface area contributed by atoms with E-state index in [0.717, 1.165) is 22.2 Å². The number of pyridine rings is 3. The van der Waals surface area contributed by atoms with Gasteiger partial charge in [-0.2, -0.15) is 4.98 Å². The first kappa shape index (κ1) is 10.1. The number of aromatic nitrogens is 4. The molecule has 5 heteroatoms. The van der Waals surface area contributed by atoms with E-state index in [4.69, 9.17) is 4.42 Å². The molecule has 5 nitrogen and oxygen atoms in total. The van der Waals surface area contributed by atoms with Gasteiger partial charge in [-0.3, -0.25) is 0 Å². The van der Waals surface area contributed by atoms with Crippen molar-refractivity contribution in [3.63, 3.8) is 0 Å². The monoisotopic (exact) mass is 247 g/mol. The van der Waals surface area contributed by atoms with Crippen molar-refractivity contribution >= 4 is 22.3 Å². The Morgan fingerprint density at radius 1 is 1.00 bits per heavy atom.